The highest BCUT2D eigenvalue weighted by atomic mass is 16.5. The third kappa shape index (κ3) is 4.40. The maximum absolute atomic E-state index is 12.8. The fourth-order valence-electron chi connectivity index (χ4n) is 3.94. The number of hydrogen-bond acceptors (Lipinski definition) is 5. The van der Waals surface area contributed by atoms with Crippen LogP contribution in [0.5, 0.6) is 11.5 Å². The number of ether oxygens (including phenoxy) is 1. The molecule has 0 fully saturated rings. The first-order valence-corrected chi connectivity index (χ1v) is 10.7. The van der Waals surface area contributed by atoms with Crippen molar-refractivity contribution in [3.05, 3.63) is 106 Å². The number of anilines is 1. The van der Waals surface area contributed by atoms with E-state index in [-0.39, 0.29) is 5.56 Å². The molecule has 0 saturated carbocycles. The number of H-pyrrole nitrogens is 1. The third-order valence-electron chi connectivity index (χ3n) is 5.64. The lowest BCUT2D eigenvalue weighted by Crippen LogP contribution is -2.35. The van der Waals surface area contributed by atoms with Gasteiger partial charge in [0.25, 0.3) is 5.56 Å². The maximum Gasteiger partial charge on any atom is 0.255 e. The molecule has 0 spiro atoms. The SMILES string of the molecule is Nc1ccc(-c2nc3c(c(=O)[nH]2)CN(Cc2ccc(Oc4ccccc4)cc2)CC3)cc1. The lowest BCUT2D eigenvalue weighted by atomic mass is 10.1. The van der Waals surface area contributed by atoms with Gasteiger partial charge in [-0.25, -0.2) is 4.98 Å². The van der Waals surface area contributed by atoms with Crippen molar-refractivity contribution in [2.24, 2.45) is 0 Å². The summed E-state index contributed by atoms with van der Waals surface area (Å²) < 4.78 is 5.87. The van der Waals surface area contributed by atoms with Gasteiger partial charge in [-0.15, -0.1) is 0 Å². The summed E-state index contributed by atoms with van der Waals surface area (Å²) in [5.41, 5.74) is 10.0. The molecule has 0 atom stereocenters. The van der Waals surface area contributed by atoms with Gasteiger partial charge in [0.2, 0.25) is 0 Å². The Morgan fingerprint density at radius 1 is 0.938 bits per heavy atom. The van der Waals surface area contributed by atoms with Crippen LogP contribution in [0.3, 0.4) is 0 Å². The van der Waals surface area contributed by atoms with Crippen LogP contribution in [0.4, 0.5) is 5.69 Å². The number of fused-ring (bicyclic) bond motifs is 1. The number of para-hydroxylation sites is 1. The molecule has 0 amide bonds. The molecule has 0 unspecified atom stereocenters. The molecule has 2 heterocycles. The maximum atomic E-state index is 12.8. The Morgan fingerprint density at radius 3 is 2.41 bits per heavy atom. The molecule has 0 saturated heterocycles. The molecule has 3 N–H and O–H groups in total. The van der Waals surface area contributed by atoms with Crippen LogP contribution in [-0.2, 0) is 19.5 Å². The number of rotatable bonds is 5. The van der Waals surface area contributed by atoms with Crippen molar-refractivity contribution in [1.29, 1.82) is 0 Å². The van der Waals surface area contributed by atoms with Crippen LogP contribution >= 0.6 is 0 Å². The van der Waals surface area contributed by atoms with Crippen LogP contribution in [0.2, 0.25) is 0 Å². The summed E-state index contributed by atoms with van der Waals surface area (Å²) in [4.78, 5) is 22.7. The average molecular weight is 425 g/mol. The predicted molar refractivity (Wildman–Crippen MR) is 125 cm³/mol. The highest BCUT2D eigenvalue weighted by Crippen LogP contribution is 2.23. The second-order valence-corrected chi connectivity index (χ2v) is 7.98. The second kappa shape index (κ2) is 8.69. The Labute approximate surface area is 186 Å². The number of aromatic amines is 1. The van der Waals surface area contributed by atoms with E-state index in [0.717, 1.165) is 47.8 Å². The monoisotopic (exact) mass is 424 g/mol. The lowest BCUT2D eigenvalue weighted by molar-refractivity contribution is 0.242. The van der Waals surface area contributed by atoms with Crippen molar-refractivity contribution in [3.63, 3.8) is 0 Å². The number of hydrogen-bond donors (Lipinski definition) is 2. The van der Waals surface area contributed by atoms with Crippen LogP contribution in [0.15, 0.2) is 83.7 Å². The van der Waals surface area contributed by atoms with E-state index in [2.05, 4.69) is 22.0 Å². The minimum atomic E-state index is -0.0712. The van der Waals surface area contributed by atoms with E-state index in [1.807, 2.05) is 66.7 Å². The Kier molecular flexibility index (Phi) is 5.44. The molecule has 3 aromatic carbocycles. The van der Waals surface area contributed by atoms with Crippen molar-refractivity contribution in [3.8, 4) is 22.9 Å². The van der Waals surface area contributed by atoms with E-state index in [9.17, 15) is 4.79 Å². The van der Waals surface area contributed by atoms with E-state index in [4.69, 9.17) is 15.5 Å². The average Bonchev–Trinajstić information content (AvgIpc) is 2.82. The summed E-state index contributed by atoms with van der Waals surface area (Å²) >= 11 is 0. The zero-order chi connectivity index (χ0) is 21.9. The van der Waals surface area contributed by atoms with Gasteiger partial charge in [-0.2, -0.15) is 0 Å². The predicted octanol–water partition coefficient (Wildman–Crippen LogP) is 4.37. The van der Waals surface area contributed by atoms with Gasteiger partial charge < -0.3 is 15.5 Å². The van der Waals surface area contributed by atoms with Gasteiger partial charge in [0.05, 0.1) is 11.3 Å². The minimum absolute atomic E-state index is 0.0712. The molecule has 0 bridgehead atoms. The Morgan fingerprint density at radius 2 is 1.66 bits per heavy atom. The van der Waals surface area contributed by atoms with Gasteiger partial charge in [-0.05, 0) is 54.1 Å². The summed E-state index contributed by atoms with van der Waals surface area (Å²) in [6.07, 6.45) is 0.746. The summed E-state index contributed by atoms with van der Waals surface area (Å²) in [6.45, 7) is 2.21. The first-order valence-electron chi connectivity index (χ1n) is 10.7. The lowest BCUT2D eigenvalue weighted by Gasteiger charge is -2.27. The van der Waals surface area contributed by atoms with Gasteiger partial charge in [0, 0.05) is 37.3 Å². The second-order valence-electron chi connectivity index (χ2n) is 7.98. The van der Waals surface area contributed by atoms with Crippen LogP contribution < -0.4 is 16.0 Å². The molecular formula is C26H24N4O2. The zero-order valence-electron chi connectivity index (χ0n) is 17.6. The third-order valence-corrected chi connectivity index (χ3v) is 5.64. The normalized spacial score (nSPS) is 13.5. The Balaban J connectivity index is 1.27. The van der Waals surface area contributed by atoms with Crippen LogP contribution in [0, 0.1) is 0 Å². The van der Waals surface area contributed by atoms with Gasteiger partial charge in [-0.3, -0.25) is 9.69 Å². The molecule has 4 aromatic rings. The van der Waals surface area contributed by atoms with Crippen molar-refractivity contribution in [2.45, 2.75) is 19.5 Å². The minimum Gasteiger partial charge on any atom is -0.457 e. The molecule has 0 aliphatic carbocycles. The fraction of sp³-hybridized carbons (Fsp3) is 0.154. The number of aromatic nitrogens is 2. The smallest absolute Gasteiger partial charge is 0.255 e. The number of nitrogens with one attached hydrogen (secondary N) is 1. The van der Waals surface area contributed by atoms with Crippen molar-refractivity contribution < 1.29 is 4.74 Å². The number of benzene rings is 3. The molecule has 1 aliphatic rings. The number of nitrogens with two attached hydrogens (primary N) is 1. The quantitative estimate of drug-likeness (QED) is 0.465. The first kappa shape index (κ1) is 20.0. The van der Waals surface area contributed by atoms with Crippen LogP contribution in [0.1, 0.15) is 16.8 Å². The van der Waals surface area contributed by atoms with Gasteiger partial charge in [0.15, 0.2) is 0 Å². The van der Waals surface area contributed by atoms with Crippen LogP contribution in [-0.4, -0.2) is 21.4 Å². The molecule has 6 heteroatoms. The molecule has 1 aromatic heterocycles. The number of nitrogens with zero attached hydrogens (tertiary/aromatic N) is 2. The zero-order valence-corrected chi connectivity index (χ0v) is 17.6. The molecule has 32 heavy (non-hydrogen) atoms. The van der Waals surface area contributed by atoms with E-state index < -0.39 is 0 Å². The van der Waals surface area contributed by atoms with E-state index in [1.54, 1.807) is 0 Å². The van der Waals surface area contributed by atoms with Crippen molar-refractivity contribution in [2.75, 3.05) is 12.3 Å². The largest absolute Gasteiger partial charge is 0.457 e. The van der Waals surface area contributed by atoms with E-state index in [1.165, 1.54) is 5.56 Å². The number of nitrogen functional groups attached to an aromatic ring is 1. The Hall–Kier alpha value is -3.90. The molecule has 0 radical (unpaired) electrons. The summed E-state index contributed by atoms with van der Waals surface area (Å²) in [5, 5.41) is 0. The Bertz CT molecular complexity index is 1270. The molecule has 160 valence electrons. The van der Waals surface area contributed by atoms with Gasteiger partial charge >= 0.3 is 0 Å². The van der Waals surface area contributed by atoms with Gasteiger partial charge in [0.1, 0.15) is 17.3 Å². The summed E-state index contributed by atoms with van der Waals surface area (Å²) in [5.74, 6) is 2.22. The highest BCUT2D eigenvalue weighted by molar-refractivity contribution is 5.58. The van der Waals surface area contributed by atoms with Crippen LogP contribution in [0.25, 0.3) is 11.4 Å². The van der Waals surface area contributed by atoms with E-state index >= 15 is 0 Å². The molecule has 5 rings (SSSR count). The molecular weight excluding hydrogens is 400 g/mol. The molecule has 1 aliphatic heterocycles. The van der Waals surface area contributed by atoms with Gasteiger partial charge in [-0.1, -0.05) is 30.3 Å². The van der Waals surface area contributed by atoms with E-state index in [0.29, 0.717) is 18.1 Å². The first-order chi connectivity index (χ1) is 15.6. The van der Waals surface area contributed by atoms with Crippen molar-refractivity contribution in [1.82, 2.24) is 14.9 Å². The molecule has 6 nitrogen and oxygen atoms in total. The summed E-state index contributed by atoms with van der Waals surface area (Å²) in [7, 11) is 0. The summed E-state index contributed by atoms with van der Waals surface area (Å²) in [6, 6.07) is 25.2. The topological polar surface area (TPSA) is 84.2 Å². The standard InChI is InChI=1S/C26H24N4O2/c27-20-10-8-19(9-11-20)25-28-24-14-15-30(17-23(24)26(31)29-25)16-18-6-12-22(13-7-18)32-21-4-2-1-3-5-21/h1-13H,14-17,27H2,(H,28,29,31). The fourth-order valence-corrected chi connectivity index (χ4v) is 3.94. The highest BCUT2D eigenvalue weighted by Gasteiger charge is 2.21. The van der Waals surface area contributed by atoms with Crippen molar-refractivity contribution >= 4 is 5.69 Å².